The van der Waals surface area contributed by atoms with E-state index < -0.39 is 5.92 Å². The molecule has 0 amide bonds. The van der Waals surface area contributed by atoms with Crippen molar-refractivity contribution in [3.05, 3.63) is 103 Å². The molecule has 1 fully saturated rings. The average molecular weight is 540 g/mol. The number of aromatic amines is 2. The summed E-state index contributed by atoms with van der Waals surface area (Å²) in [5, 5.41) is 9.56. The fourth-order valence-corrected chi connectivity index (χ4v) is 5.37. The maximum atomic E-state index is 13.9. The largest absolute Gasteiger partial charge is 0.352 e. The Morgan fingerprint density at radius 1 is 1.10 bits per heavy atom. The van der Waals surface area contributed by atoms with Gasteiger partial charge in [-0.15, -0.1) is 0 Å². The van der Waals surface area contributed by atoms with Crippen molar-refractivity contribution in [2.24, 2.45) is 0 Å². The van der Waals surface area contributed by atoms with Crippen molar-refractivity contribution < 1.29 is 13.2 Å². The van der Waals surface area contributed by atoms with Crippen LogP contribution in [0.5, 0.6) is 0 Å². The molecule has 1 saturated heterocycles. The van der Waals surface area contributed by atoms with Crippen molar-refractivity contribution in [3.8, 4) is 22.5 Å². The van der Waals surface area contributed by atoms with Gasteiger partial charge in [0, 0.05) is 42.0 Å². The lowest BCUT2D eigenvalue weighted by atomic mass is 9.99. The van der Waals surface area contributed by atoms with Gasteiger partial charge in [-0.2, -0.15) is 5.10 Å². The molecule has 2 N–H and O–H groups in total. The Morgan fingerprint density at radius 3 is 2.73 bits per heavy atom. The van der Waals surface area contributed by atoms with E-state index in [1.807, 2.05) is 43.3 Å². The van der Waals surface area contributed by atoms with Crippen molar-refractivity contribution in [3.63, 3.8) is 0 Å². The predicted molar refractivity (Wildman–Crippen MR) is 155 cm³/mol. The van der Waals surface area contributed by atoms with Gasteiger partial charge in [-0.3, -0.25) is 15.0 Å². The second kappa shape index (κ2) is 10.3. The van der Waals surface area contributed by atoms with Crippen LogP contribution in [0.3, 0.4) is 0 Å². The lowest BCUT2D eigenvalue weighted by Crippen LogP contribution is -2.26. The molecule has 202 valence electrons. The minimum atomic E-state index is -2.63. The highest BCUT2D eigenvalue weighted by atomic mass is 19.3. The van der Waals surface area contributed by atoms with Crippen LogP contribution >= 0.6 is 0 Å². The van der Waals surface area contributed by atoms with E-state index in [9.17, 15) is 13.2 Å². The standard InChI is InChI=1S/C32H28F3N5/c1-3-20(18-40-11-10-32(34,35)19-40)12-21(4-2)22-8-9-28-26(14-22)31(39-38-28)29-15-25-27(16-36-17-30(25)37-29)23-6-5-7-24(33)13-23/h3-9,12-17,37H,1,10-11,18-19H2,2H3,(H,38,39)/b20-12+,21-4+. The first-order valence-corrected chi connectivity index (χ1v) is 13.1. The van der Waals surface area contributed by atoms with Gasteiger partial charge >= 0.3 is 0 Å². The predicted octanol–water partition coefficient (Wildman–Crippen LogP) is 7.77. The summed E-state index contributed by atoms with van der Waals surface area (Å²) < 4.78 is 41.3. The monoisotopic (exact) mass is 539 g/mol. The topological polar surface area (TPSA) is 60.6 Å². The Balaban J connectivity index is 1.35. The number of rotatable bonds is 7. The molecule has 0 spiro atoms. The van der Waals surface area contributed by atoms with E-state index in [0.717, 1.165) is 61.0 Å². The van der Waals surface area contributed by atoms with Crippen molar-refractivity contribution in [2.45, 2.75) is 19.3 Å². The van der Waals surface area contributed by atoms with Gasteiger partial charge in [0.05, 0.1) is 29.5 Å². The first kappa shape index (κ1) is 25.8. The number of H-pyrrole nitrogens is 2. The molecule has 5 aromatic rings. The molecule has 0 bridgehead atoms. The van der Waals surface area contributed by atoms with Crippen molar-refractivity contribution in [2.75, 3.05) is 19.6 Å². The lowest BCUT2D eigenvalue weighted by Gasteiger charge is -2.16. The second-order valence-corrected chi connectivity index (χ2v) is 10.2. The van der Waals surface area contributed by atoms with Gasteiger partial charge in [0.2, 0.25) is 0 Å². The van der Waals surface area contributed by atoms with Gasteiger partial charge in [0.15, 0.2) is 0 Å². The summed E-state index contributed by atoms with van der Waals surface area (Å²) >= 11 is 0. The van der Waals surface area contributed by atoms with Crippen molar-refractivity contribution >= 4 is 27.4 Å². The number of benzene rings is 2. The Morgan fingerprint density at radius 2 is 1.98 bits per heavy atom. The summed E-state index contributed by atoms with van der Waals surface area (Å²) in [5.41, 5.74) is 7.65. The highest BCUT2D eigenvalue weighted by Gasteiger charge is 2.37. The number of aromatic nitrogens is 4. The van der Waals surface area contributed by atoms with E-state index in [2.05, 4.69) is 32.8 Å². The van der Waals surface area contributed by atoms with Crippen LogP contribution in [-0.2, 0) is 0 Å². The normalized spacial score (nSPS) is 16.3. The lowest BCUT2D eigenvalue weighted by molar-refractivity contribution is 0.0131. The third-order valence-corrected chi connectivity index (χ3v) is 7.40. The van der Waals surface area contributed by atoms with Gasteiger partial charge in [0.25, 0.3) is 5.92 Å². The molecule has 4 heterocycles. The molecule has 0 radical (unpaired) electrons. The van der Waals surface area contributed by atoms with Crippen molar-refractivity contribution in [1.82, 2.24) is 25.1 Å². The molecule has 0 atom stereocenters. The molecule has 0 saturated carbocycles. The number of likely N-dealkylation sites (tertiary alicyclic amines) is 1. The molecule has 6 rings (SSSR count). The molecule has 1 aliphatic rings. The maximum Gasteiger partial charge on any atom is 0.261 e. The van der Waals surface area contributed by atoms with Crippen LogP contribution in [0, 0.1) is 5.82 Å². The fraction of sp³-hybridized carbons (Fsp3) is 0.188. The summed E-state index contributed by atoms with van der Waals surface area (Å²) in [4.78, 5) is 9.54. The minimum absolute atomic E-state index is 0.110. The number of hydrogen-bond acceptors (Lipinski definition) is 3. The van der Waals surface area contributed by atoms with E-state index in [1.165, 1.54) is 12.1 Å². The number of halogens is 3. The summed E-state index contributed by atoms with van der Waals surface area (Å²) in [5.74, 6) is -2.93. The van der Waals surface area contributed by atoms with Gasteiger partial charge in [-0.25, -0.2) is 13.2 Å². The van der Waals surface area contributed by atoms with Crippen LogP contribution in [0.4, 0.5) is 13.2 Å². The van der Waals surface area contributed by atoms with Gasteiger partial charge in [-0.1, -0.05) is 43.0 Å². The average Bonchev–Trinajstić information content (AvgIpc) is 3.66. The van der Waals surface area contributed by atoms with E-state index in [4.69, 9.17) is 0 Å². The van der Waals surface area contributed by atoms with E-state index in [0.29, 0.717) is 13.1 Å². The number of fused-ring (bicyclic) bond motifs is 2. The molecule has 3 aromatic heterocycles. The molecule has 2 aromatic carbocycles. The van der Waals surface area contributed by atoms with E-state index >= 15 is 0 Å². The molecule has 1 aliphatic heterocycles. The summed E-state index contributed by atoms with van der Waals surface area (Å²) in [6.07, 6.45) is 9.11. The van der Waals surface area contributed by atoms with Crippen LogP contribution < -0.4 is 0 Å². The smallest absolute Gasteiger partial charge is 0.261 e. The van der Waals surface area contributed by atoms with Crippen molar-refractivity contribution in [1.29, 1.82) is 0 Å². The van der Waals surface area contributed by atoms with E-state index in [1.54, 1.807) is 29.4 Å². The summed E-state index contributed by atoms with van der Waals surface area (Å²) in [7, 11) is 0. The number of hydrogen-bond donors (Lipinski definition) is 2. The fourth-order valence-electron chi connectivity index (χ4n) is 5.37. The van der Waals surface area contributed by atoms with Gasteiger partial charge < -0.3 is 4.98 Å². The van der Waals surface area contributed by atoms with E-state index in [-0.39, 0.29) is 18.8 Å². The number of nitrogens with one attached hydrogen (secondary N) is 2. The minimum Gasteiger partial charge on any atom is -0.352 e. The van der Waals surface area contributed by atoms with Gasteiger partial charge in [-0.05, 0) is 59.5 Å². The first-order valence-electron chi connectivity index (χ1n) is 13.1. The summed E-state index contributed by atoms with van der Waals surface area (Å²) in [6.45, 7) is 6.43. The molecule has 0 unspecified atom stereocenters. The zero-order valence-corrected chi connectivity index (χ0v) is 22.0. The Hall–Kier alpha value is -4.43. The van der Waals surface area contributed by atoms with Crippen LogP contribution in [0.15, 0.2) is 91.3 Å². The maximum absolute atomic E-state index is 13.9. The molecule has 5 nitrogen and oxygen atoms in total. The van der Waals surface area contributed by atoms with Gasteiger partial charge in [0.1, 0.15) is 11.5 Å². The zero-order valence-electron chi connectivity index (χ0n) is 22.0. The molecule has 0 aliphatic carbocycles. The van der Waals surface area contributed by atoms with Crippen LogP contribution in [0.25, 0.3) is 49.9 Å². The first-order chi connectivity index (χ1) is 19.3. The number of pyridine rings is 1. The summed E-state index contributed by atoms with van der Waals surface area (Å²) in [6, 6.07) is 14.5. The number of allylic oxidation sites excluding steroid dienone is 3. The quantitative estimate of drug-likeness (QED) is 0.208. The third-order valence-electron chi connectivity index (χ3n) is 7.40. The third kappa shape index (κ3) is 4.98. The zero-order chi connectivity index (χ0) is 27.9. The van der Waals surface area contributed by atoms with Crippen LogP contribution in [0.1, 0.15) is 18.9 Å². The second-order valence-electron chi connectivity index (χ2n) is 10.2. The molecule has 8 heteroatoms. The highest BCUT2D eigenvalue weighted by Crippen LogP contribution is 2.35. The number of nitrogens with zero attached hydrogens (tertiary/aromatic N) is 3. The Labute approximate surface area is 229 Å². The molecule has 40 heavy (non-hydrogen) atoms. The van der Waals surface area contributed by atoms with Crippen LogP contribution in [-0.4, -0.2) is 50.6 Å². The van der Waals surface area contributed by atoms with Crippen LogP contribution in [0.2, 0.25) is 0 Å². The Kier molecular flexibility index (Phi) is 6.64. The molecular formula is C32H28F3N5. The Bertz CT molecular complexity index is 1790. The SMILES string of the molecule is C=C/C(=C\C(=C/C)c1ccc2[nH]nc(-c3cc4c(-c5cccc(F)c5)cncc4[nH]3)c2c1)CN1CCC(F)(F)C1. The highest BCUT2D eigenvalue weighted by molar-refractivity contribution is 6.01. The molecular weight excluding hydrogens is 511 g/mol. The number of alkyl halides is 2.